The van der Waals surface area contributed by atoms with Crippen molar-refractivity contribution in [1.82, 2.24) is 0 Å². The van der Waals surface area contributed by atoms with Gasteiger partial charge in [-0.05, 0) is 48.9 Å². The summed E-state index contributed by atoms with van der Waals surface area (Å²) in [6.45, 7) is 2.16. The number of nitrogens with zero attached hydrogens (tertiary/aromatic N) is 2. The molecule has 0 bridgehead atoms. The number of esters is 1. The molecule has 0 saturated carbocycles. The van der Waals surface area contributed by atoms with Crippen LogP contribution in [0.15, 0.2) is 76.5 Å². The van der Waals surface area contributed by atoms with Crippen LogP contribution in [0.5, 0.6) is 0 Å². The van der Waals surface area contributed by atoms with E-state index in [-0.39, 0.29) is 17.7 Å². The van der Waals surface area contributed by atoms with Crippen molar-refractivity contribution < 1.29 is 19.2 Å². The first-order valence-electron chi connectivity index (χ1n) is 9.72. The molecule has 1 aliphatic rings. The maximum absolute atomic E-state index is 13.1. The van der Waals surface area contributed by atoms with Gasteiger partial charge < -0.3 is 9.57 Å². The van der Waals surface area contributed by atoms with Crippen molar-refractivity contribution in [2.24, 2.45) is 0 Å². The SMILES string of the molecule is CCCOC(=O)c1ccccc1C(=O)ON1c2ccccc2Sc2ccc(C#N)cc21. The minimum absolute atomic E-state index is 0.109. The smallest absolute Gasteiger partial charge is 0.364 e. The summed E-state index contributed by atoms with van der Waals surface area (Å²) in [5.41, 5.74) is 1.96. The number of hydrogen-bond donors (Lipinski definition) is 0. The molecule has 1 heterocycles. The summed E-state index contributed by atoms with van der Waals surface area (Å²) in [6, 6.07) is 21.2. The van der Waals surface area contributed by atoms with Crippen LogP contribution in [0.25, 0.3) is 0 Å². The van der Waals surface area contributed by atoms with Crippen LogP contribution in [-0.4, -0.2) is 18.5 Å². The molecule has 0 N–H and O–H groups in total. The number of nitriles is 1. The van der Waals surface area contributed by atoms with Gasteiger partial charge in [0.05, 0.1) is 40.7 Å². The van der Waals surface area contributed by atoms with Gasteiger partial charge in [0.2, 0.25) is 0 Å². The number of carbonyl (C=O) groups excluding carboxylic acids is 2. The summed E-state index contributed by atoms with van der Waals surface area (Å²) < 4.78 is 5.20. The van der Waals surface area contributed by atoms with E-state index in [1.54, 1.807) is 24.3 Å². The van der Waals surface area contributed by atoms with Crippen LogP contribution in [0.2, 0.25) is 0 Å². The van der Waals surface area contributed by atoms with E-state index in [4.69, 9.17) is 9.57 Å². The zero-order chi connectivity index (χ0) is 21.8. The number of fused-ring (bicyclic) bond motifs is 2. The van der Waals surface area contributed by atoms with Gasteiger partial charge in [0.1, 0.15) is 0 Å². The van der Waals surface area contributed by atoms with Crippen molar-refractivity contribution >= 4 is 35.1 Å². The van der Waals surface area contributed by atoms with Gasteiger partial charge in [-0.1, -0.05) is 43.0 Å². The standard InChI is InChI=1S/C24H18N2O4S/c1-2-13-29-23(27)17-7-3-4-8-18(17)24(28)30-26-19-9-5-6-10-21(19)31-22-12-11-16(15-25)14-20(22)26/h3-12,14H,2,13H2,1H3. The summed E-state index contributed by atoms with van der Waals surface area (Å²) >= 11 is 1.53. The van der Waals surface area contributed by atoms with Crippen LogP contribution in [0.4, 0.5) is 11.4 Å². The number of hydrogen-bond acceptors (Lipinski definition) is 7. The highest BCUT2D eigenvalue weighted by Gasteiger charge is 2.29. The molecule has 0 unspecified atom stereocenters. The fourth-order valence-electron chi connectivity index (χ4n) is 3.13. The second-order valence-corrected chi connectivity index (χ2v) is 7.80. The van der Waals surface area contributed by atoms with Crippen LogP contribution >= 0.6 is 11.8 Å². The molecule has 0 radical (unpaired) electrons. The summed E-state index contributed by atoms with van der Waals surface area (Å²) in [4.78, 5) is 33.1. The molecule has 3 aromatic rings. The Balaban J connectivity index is 1.71. The van der Waals surface area contributed by atoms with Gasteiger partial charge in [0.15, 0.2) is 0 Å². The summed E-state index contributed by atoms with van der Waals surface area (Å²) in [5, 5.41) is 10.7. The van der Waals surface area contributed by atoms with Crippen LogP contribution in [-0.2, 0) is 9.57 Å². The molecular weight excluding hydrogens is 412 g/mol. The Kier molecular flexibility index (Phi) is 5.92. The number of carbonyl (C=O) groups is 2. The maximum atomic E-state index is 13.1. The van der Waals surface area contributed by atoms with Crippen LogP contribution in [0, 0.1) is 11.3 Å². The van der Waals surface area contributed by atoms with E-state index >= 15 is 0 Å². The lowest BCUT2D eigenvalue weighted by Gasteiger charge is -2.30. The highest BCUT2D eigenvalue weighted by atomic mass is 32.2. The van der Waals surface area contributed by atoms with Crippen LogP contribution in [0.3, 0.4) is 0 Å². The maximum Gasteiger partial charge on any atom is 0.364 e. The largest absolute Gasteiger partial charge is 0.462 e. The van der Waals surface area contributed by atoms with Crippen molar-refractivity contribution in [2.45, 2.75) is 23.1 Å². The van der Waals surface area contributed by atoms with Crippen LogP contribution < -0.4 is 5.06 Å². The zero-order valence-corrected chi connectivity index (χ0v) is 17.5. The second-order valence-electron chi connectivity index (χ2n) is 6.72. The Hall–Kier alpha value is -3.76. The molecule has 0 fully saturated rings. The quantitative estimate of drug-likeness (QED) is 0.495. The lowest BCUT2D eigenvalue weighted by Crippen LogP contribution is -2.26. The Bertz CT molecular complexity index is 1200. The molecule has 0 aromatic heterocycles. The third kappa shape index (κ3) is 4.11. The average Bonchev–Trinajstić information content (AvgIpc) is 2.82. The third-order valence-electron chi connectivity index (χ3n) is 4.59. The van der Waals surface area contributed by atoms with Gasteiger partial charge >= 0.3 is 11.9 Å². The van der Waals surface area contributed by atoms with E-state index in [9.17, 15) is 14.9 Å². The van der Waals surface area contributed by atoms with Crippen molar-refractivity contribution in [3.8, 4) is 6.07 Å². The molecule has 0 aliphatic carbocycles. The minimum atomic E-state index is -0.695. The molecule has 6 nitrogen and oxygen atoms in total. The Morgan fingerprint density at radius 1 is 0.935 bits per heavy atom. The molecule has 7 heteroatoms. The van der Waals surface area contributed by atoms with Gasteiger partial charge in [-0.25, -0.2) is 9.59 Å². The predicted molar refractivity (Wildman–Crippen MR) is 116 cm³/mol. The second kappa shape index (κ2) is 8.94. The van der Waals surface area contributed by atoms with Crippen molar-refractivity contribution in [2.75, 3.05) is 11.7 Å². The number of para-hydroxylation sites is 1. The summed E-state index contributed by atoms with van der Waals surface area (Å²) in [7, 11) is 0. The normalized spacial score (nSPS) is 11.7. The Morgan fingerprint density at radius 3 is 2.35 bits per heavy atom. The van der Waals surface area contributed by atoms with Gasteiger partial charge in [-0.3, -0.25) is 0 Å². The monoisotopic (exact) mass is 430 g/mol. The van der Waals surface area contributed by atoms with Crippen LogP contribution in [0.1, 0.15) is 39.6 Å². The van der Waals surface area contributed by atoms with Gasteiger partial charge in [-0.15, -0.1) is 0 Å². The van der Waals surface area contributed by atoms with E-state index < -0.39 is 11.9 Å². The molecule has 1 aliphatic heterocycles. The molecule has 31 heavy (non-hydrogen) atoms. The first-order chi connectivity index (χ1) is 15.1. The van der Waals surface area contributed by atoms with Gasteiger partial charge in [-0.2, -0.15) is 10.3 Å². The van der Waals surface area contributed by atoms with E-state index in [0.29, 0.717) is 23.4 Å². The molecule has 0 spiro atoms. The molecule has 0 saturated heterocycles. The van der Waals surface area contributed by atoms with Crippen molar-refractivity contribution in [3.05, 3.63) is 83.4 Å². The average molecular weight is 430 g/mol. The fourth-order valence-corrected chi connectivity index (χ4v) is 4.16. The van der Waals surface area contributed by atoms with Crippen molar-refractivity contribution in [3.63, 3.8) is 0 Å². The van der Waals surface area contributed by atoms with Gasteiger partial charge in [0, 0.05) is 9.79 Å². The van der Waals surface area contributed by atoms with E-state index in [1.807, 2.05) is 37.3 Å². The first-order valence-corrected chi connectivity index (χ1v) is 10.5. The summed E-state index contributed by atoms with van der Waals surface area (Å²) in [6.07, 6.45) is 0.679. The van der Waals surface area contributed by atoms with E-state index in [0.717, 1.165) is 9.79 Å². The van der Waals surface area contributed by atoms with E-state index in [2.05, 4.69) is 6.07 Å². The lowest BCUT2D eigenvalue weighted by atomic mass is 10.1. The zero-order valence-electron chi connectivity index (χ0n) is 16.7. The molecule has 0 amide bonds. The highest BCUT2D eigenvalue weighted by Crippen LogP contribution is 2.48. The summed E-state index contributed by atoms with van der Waals surface area (Å²) in [5.74, 6) is -1.27. The van der Waals surface area contributed by atoms with Crippen molar-refractivity contribution in [1.29, 1.82) is 5.26 Å². The minimum Gasteiger partial charge on any atom is -0.462 e. The lowest BCUT2D eigenvalue weighted by molar-refractivity contribution is 0.0455. The number of benzene rings is 3. The number of anilines is 2. The highest BCUT2D eigenvalue weighted by molar-refractivity contribution is 7.99. The Morgan fingerprint density at radius 2 is 1.61 bits per heavy atom. The molecule has 154 valence electrons. The number of rotatable bonds is 5. The van der Waals surface area contributed by atoms with E-state index in [1.165, 1.54) is 29.0 Å². The molecule has 3 aromatic carbocycles. The Labute approximate surface area is 184 Å². The third-order valence-corrected chi connectivity index (χ3v) is 5.72. The molecule has 4 rings (SSSR count). The van der Waals surface area contributed by atoms with Gasteiger partial charge in [0.25, 0.3) is 0 Å². The fraction of sp³-hybridized carbons (Fsp3) is 0.125. The predicted octanol–water partition coefficient (Wildman–Crippen LogP) is 5.50. The first kappa shape index (κ1) is 20.5. The topological polar surface area (TPSA) is 79.6 Å². The molecule has 0 atom stereocenters. The molecular formula is C24H18N2O4S. The number of ether oxygens (including phenoxy) is 1.